The van der Waals surface area contributed by atoms with Crippen LogP contribution in [-0.4, -0.2) is 52.3 Å². The van der Waals surface area contributed by atoms with Gasteiger partial charge in [-0.3, -0.25) is 24.0 Å². The summed E-state index contributed by atoms with van der Waals surface area (Å²) >= 11 is 0. The van der Waals surface area contributed by atoms with Gasteiger partial charge >= 0.3 is 5.69 Å². The summed E-state index contributed by atoms with van der Waals surface area (Å²) in [6.45, 7) is 10.7. The fourth-order valence-corrected chi connectivity index (χ4v) is 5.04. The van der Waals surface area contributed by atoms with E-state index in [1.807, 2.05) is 6.07 Å². The fraction of sp³-hybridized carbons (Fsp3) is 0.677. The van der Waals surface area contributed by atoms with E-state index in [0.717, 1.165) is 56.1 Å². The maximum atomic E-state index is 12.8. The van der Waals surface area contributed by atoms with Crippen molar-refractivity contribution < 1.29 is 14.4 Å². The lowest BCUT2D eigenvalue weighted by molar-refractivity contribution is -0.135. The summed E-state index contributed by atoms with van der Waals surface area (Å²) in [7, 11) is 3.88. The predicted octanol–water partition coefficient (Wildman–Crippen LogP) is 5.34. The van der Waals surface area contributed by atoms with E-state index in [1.54, 1.807) is 11.6 Å². The topological polar surface area (TPSA) is 93.4 Å². The van der Waals surface area contributed by atoms with Crippen LogP contribution in [0.2, 0.25) is 0 Å². The summed E-state index contributed by atoms with van der Waals surface area (Å²) < 4.78 is 3.15. The molecule has 8 nitrogen and oxygen atoms in total. The van der Waals surface area contributed by atoms with E-state index < -0.39 is 11.9 Å². The number of fused-ring (bicyclic) bond motifs is 1. The SMILES string of the molecule is CCCC.CCCCC(C=O)CC.CN1CCC(c2ccc3c(c2)n(C)c(=O)n3C2CCC(=O)NC2=O)CC1. The van der Waals surface area contributed by atoms with Crippen LogP contribution in [0.1, 0.15) is 109 Å². The number of likely N-dealkylation sites (tertiary alicyclic amines) is 1. The quantitative estimate of drug-likeness (QED) is 0.359. The van der Waals surface area contributed by atoms with Gasteiger partial charge in [-0.25, -0.2) is 4.79 Å². The normalized spacial score (nSPS) is 19.0. The van der Waals surface area contributed by atoms with E-state index in [0.29, 0.717) is 18.3 Å². The molecule has 0 bridgehead atoms. The van der Waals surface area contributed by atoms with Gasteiger partial charge in [-0.15, -0.1) is 0 Å². The van der Waals surface area contributed by atoms with Crippen molar-refractivity contribution in [2.45, 2.75) is 104 Å². The Kier molecular flexibility index (Phi) is 13.6. The van der Waals surface area contributed by atoms with Crippen LogP contribution >= 0.6 is 0 Å². The maximum Gasteiger partial charge on any atom is 0.329 e. The van der Waals surface area contributed by atoms with E-state index in [1.165, 1.54) is 35.8 Å². The molecule has 0 radical (unpaired) electrons. The number of imide groups is 1. The number of amides is 2. The molecule has 2 amide bonds. The minimum atomic E-state index is -0.627. The number of nitrogens with zero attached hydrogens (tertiary/aromatic N) is 3. The molecule has 39 heavy (non-hydrogen) atoms. The molecule has 2 aliphatic rings. The Morgan fingerprint density at radius 3 is 2.15 bits per heavy atom. The van der Waals surface area contributed by atoms with E-state index >= 15 is 0 Å². The van der Waals surface area contributed by atoms with Crippen LogP contribution in [0.5, 0.6) is 0 Å². The molecule has 0 spiro atoms. The summed E-state index contributed by atoms with van der Waals surface area (Å²) in [5, 5.41) is 2.34. The summed E-state index contributed by atoms with van der Waals surface area (Å²) in [5.74, 6) is 0.161. The van der Waals surface area contributed by atoms with E-state index in [-0.39, 0.29) is 18.0 Å². The second-order valence-electron chi connectivity index (χ2n) is 11.0. The molecule has 1 N–H and O–H groups in total. The number of aldehydes is 1. The van der Waals surface area contributed by atoms with Gasteiger partial charge in [0.05, 0.1) is 11.0 Å². The number of benzene rings is 1. The second kappa shape index (κ2) is 16.4. The van der Waals surface area contributed by atoms with Crippen LogP contribution in [0.15, 0.2) is 23.0 Å². The molecule has 2 aliphatic heterocycles. The molecule has 4 rings (SSSR count). The van der Waals surface area contributed by atoms with Gasteiger partial charge in [0.25, 0.3) is 0 Å². The molecule has 0 aliphatic carbocycles. The van der Waals surface area contributed by atoms with Crippen molar-refractivity contribution in [1.29, 1.82) is 0 Å². The number of aryl methyl sites for hydroxylation is 1. The number of imidazole rings is 1. The Bertz CT molecular complexity index is 1130. The number of unbranched alkanes of at least 4 members (excludes halogenated alkanes) is 2. The first-order valence-corrected chi connectivity index (χ1v) is 14.9. The van der Waals surface area contributed by atoms with Gasteiger partial charge in [-0.05, 0) is 75.9 Å². The molecule has 2 unspecified atom stereocenters. The smallest absolute Gasteiger partial charge is 0.306 e. The van der Waals surface area contributed by atoms with E-state index in [4.69, 9.17) is 0 Å². The first-order chi connectivity index (χ1) is 18.7. The van der Waals surface area contributed by atoms with E-state index in [2.05, 4.69) is 57.1 Å². The zero-order valence-corrected chi connectivity index (χ0v) is 25.0. The molecule has 2 fully saturated rings. The van der Waals surface area contributed by atoms with Crippen molar-refractivity contribution >= 4 is 29.1 Å². The number of hydrogen-bond acceptors (Lipinski definition) is 5. The van der Waals surface area contributed by atoms with Gasteiger partial charge in [0.15, 0.2) is 0 Å². The minimum Gasteiger partial charge on any atom is -0.306 e. The van der Waals surface area contributed by atoms with Crippen LogP contribution in [0, 0.1) is 5.92 Å². The lowest BCUT2D eigenvalue weighted by Gasteiger charge is -2.29. The molecule has 0 saturated carbocycles. The zero-order chi connectivity index (χ0) is 28.9. The van der Waals surface area contributed by atoms with Crippen LogP contribution in [0.4, 0.5) is 0 Å². The fourth-order valence-electron chi connectivity index (χ4n) is 5.04. The number of nitrogens with one attached hydrogen (secondary N) is 1. The highest BCUT2D eigenvalue weighted by Crippen LogP contribution is 2.31. The molecule has 218 valence electrons. The highest BCUT2D eigenvalue weighted by molar-refractivity contribution is 6.00. The average molecular weight is 543 g/mol. The molecule has 2 saturated heterocycles. The first-order valence-electron chi connectivity index (χ1n) is 14.9. The van der Waals surface area contributed by atoms with Gasteiger partial charge in [0.2, 0.25) is 11.8 Å². The Morgan fingerprint density at radius 1 is 0.949 bits per heavy atom. The lowest BCUT2D eigenvalue weighted by Crippen LogP contribution is -2.44. The summed E-state index contributed by atoms with van der Waals surface area (Å²) in [6, 6.07) is 5.50. The van der Waals surface area contributed by atoms with Crippen molar-refractivity contribution in [2.75, 3.05) is 20.1 Å². The molecule has 2 atom stereocenters. The largest absolute Gasteiger partial charge is 0.329 e. The van der Waals surface area contributed by atoms with E-state index in [9.17, 15) is 19.2 Å². The Hall–Kier alpha value is -2.74. The monoisotopic (exact) mass is 542 g/mol. The summed E-state index contributed by atoms with van der Waals surface area (Å²) in [5.41, 5.74) is 2.64. The Labute approximate surface area is 234 Å². The number of rotatable bonds is 8. The molecule has 3 heterocycles. The maximum absolute atomic E-state index is 12.8. The van der Waals surface area contributed by atoms with Crippen LogP contribution in [0.3, 0.4) is 0 Å². The first kappa shape index (κ1) is 32.5. The standard InChI is InChI=1S/C19H24N4O3.C8H16O.C4H10/c1-21-9-7-12(8-10-21)13-3-4-14-16(11-13)22(2)19(26)23(14)15-5-6-17(24)20-18(15)25;1-3-5-6-8(4-2)7-9;1-3-4-2/h3-4,11-12,15H,5-10H2,1-2H3,(H,20,24,25);7-8H,3-6H2,1-2H3;3-4H2,1-2H3. The zero-order valence-electron chi connectivity index (χ0n) is 25.0. The van der Waals surface area contributed by atoms with Gasteiger partial charge in [0, 0.05) is 19.4 Å². The van der Waals surface area contributed by atoms with Crippen molar-refractivity contribution in [3.8, 4) is 0 Å². The van der Waals surface area contributed by atoms with Gasteiger partial charge in [-0.1, -0.05) is 59.4 Å². The molecular formula is C31H50N4O4. The number of aromatic nitrogens is 2. The summed E-state index contributed by atoms with van der Waals surface area (Å²) in [4.78, 5) is 49.0. The summed E-state index contributed by atoms with van der Waals surface area (Å²) in [6.07, 6.45) is 11.0. The van der Waals surface area contributed by atoms with Crippen LogP contribution in [-0.2, 0) is 21.4 Å². The van der Waals surface area contributed by atoms with Gasteiger partial charge in [0.1, 0.15) is 12.3 Å². The van der Waals surface area contributed by atoms with Crippen molar-refractivity contribution in [2.24, 2.45) is 13.0 Å². The average Bonchev–Trinajstić information content (AvgIpc) is 3.19. The molecule has 1 aromatic carbocycles. The molecule has 2 aromatic rings. The van der Waals surface area contributed by atoms with Gasteiger partial charge < -0.3 is 9.69 Å². The van der Waals surface area contributed by atoms with Crippen molar-refractivity contribution in [3.05, 3.63) is 34.2 Å². The molecule has 1 aromatic heterocycles. The van der Waals surface area contributed by atoms with Crippen molar-refractivity contribution in [1.82, 2.24) is 19.4 Å². The number of hydrogen-bond donors (Lipinski definition) is 1. The lowest BCUT2D eigenvalue weighted by atomic mass is 9.89. The third-order valence-electron chi connectivity index (χ3n) is 7.97. The molecule has 8 heteroatoms. The third kappa shape index (κ3) is 8.88. The highest BCUT2D eigenvalue weighted by Gasteiger charge is 2.31. The predicted molar refractivity (Wildman–Crippen MR) is 158 cm³/mol. The number of carbonyl (C=O) groups excluding carboxylic acids is 3. The van der Waals surface area contributed by atoms with Crippen molar-refractivity contribution in [3.63, 3.8) is 0 Å². The highest BCUT2D eigenvalue weighted by atomic mass is 16.2. The van der Waals surface area contributed by atoms with Crippen LogP contribution in [0.25, 0.3) is 11.0 Å². The minimum absolute atomic E-state index is 0.213. The van der Waals surface area contributed by atoms with Crippen LogP contribution < -0.4 is 11.0 Å². The third-order valence-corrected chi connectivity index (χ3v) is 7.97. The molecular weight excluding hydrogens is 492 g/mol. The Morgan fingerprint density at radius 2 is 1.62 bits per heavy atom. The van der Waals surface area contributed by atoms with Gasteiger partial charge in [-0.2, -0.15) is 0 Å². The Balaban J connectivity index is 0.000000344. The number of carbonyl (C=O) groups is 3. The second-order valence-corrected chi connectivity index (χ2v) is 11.0. The number of piperidine rings is 2.